The maximum atomic E-state index is 13.3. The van der Waals surface area contributed by atoms with Gasteiger partial charge in [-0.25, -0.2) is 0 Å². The molecule has 2 fully saturated rings. The summed E-state index contributed by atoms with van der Waals surface area (Å²) in [5, 5.41) is 5.13. The lowest BCUT2D eigenvalue weighted by Gasteiger charge is -2.43. The van der Waals surface area contributed by atoms with E-state index in [-0.39, 0.29) is 11.3 Å². The Hall–Kier alpha value is -2.09. The Morgan fingerprint density at radius 3 is 2.70 bits per heavy atom. The molecule has 3 heterocycles. The van der Waals surface area contributed by atoms with Crippen LogP contribution in [0.3, 0.4) is 0 Å². The molecule has 0 unspecified atom stereocenters. The van der Waals surface area contributed by atoms with Gasteiger partial charge in [-0.2, -0.15) is 5.10 Å². The molecule has 1 aromatic heterocycles. The van der Waals surface area contributed by atoms with Gasteiger partial charge in [0.2, 0.25) is 5.91 Å². The summed E-state index contributed by atoms with van der Waals surface area (Å²) in [7, 11) is 1.99. The Morgan fingerprint density at radius 1 is 1.21 bits per heavy atom. The number of morpholine rings is 1. The largest absolute Gasteiger partial charge is 0.493 e. The van der Waals surface area contributed by atoms with Crippen LogP contribution in [0.25, 0.3) is 0 Å². The molecule has 2 saturated heterocycles. The Morgan fingerprint density at radius 2 is 2.00 bits per heavy atom. The maximum absolute atomic E-state index is 13.3. The summed E-state index contributed by atoms with van der Waals surface area (Å²) >= 11 is 6.19. The molecule has 33 heavy (non-hydrogen) atoms. The predicted octanol–water partition coefficient (Wildman–Crippen LogP) is 3.60. The Bertz CT molecular complexity index is 953. The van der Waals surface area contributed by atoms with Gasteiger partial charge in [0, 0.05) is 50.1 Å². The smallest absolute Gasteiger partial charge is 0.223 e. The van der Waals surface area contributed by atoms with E-state index in [1.54, 1.807) is 0 Å². The van der Waals surface area contributed by atoms with Gasteiger partial charge in [0.25, 0.3) is 0 Å². The standard InChI is InChI=1S/C25H35ClN4O3/c1-19-13-21(5-6-22(19)26)33-18-25(14-24(31)30-9-11-32-12-10-30)7-4-8-29(17-25)16-23-20(2)15-27-28(23)3/h5-6,13,15H,4,7-12,14,16-18H2,1-3H3/t25-/m0/s1. The van der Waals surface area contributed by atoms with E-state index in [0.29, 0.717) is 39.3 Å². The minimum absolute atomic E-state index is 0.202. The number of hydrogen-bond donors (Lipinski definition) is 0. The summed E-state index contributed by atoms with van der Waals surface area (Å²) in [4.78, 5) is 17.7. The third-order valence-corrected chi connectivity index (χ3v) is 7.37. The molecule has 2 aromatic rings. The zero-order valence-corrected chi connectivity index (χ0v) is 20.7. The van der Waals surface area contributed by atoms with Crippen LogP contribution in [0.15, 0.2) is 24.4 Å². The highest BCUT2D eigenvalue weighted by Crippen LogP contribution is 2.36. The molecule has 0 saturated carbocycles. The van der Waals surface area contributed by atoms with E-state index in [1.165, 1.54) is 11.3 Å². The number of nitrogens with zero attached hydrogens (tertiary/aromatic N) is 4. The van der Waals surface area contributed by atoms with Crippen LogP contribution in [-0.2, 0) is 23.1 Å². The number of benzene rings is 1. The zero-order chi connectivity index (χ0) is 23.4. The van der Waals surface area contributed by atoms with Gasteiger partial charge in [0.15, 0.2) is 0 Å². The molecule has 0 N–H and O–H groups in total. The number of piperidine rings is 1. The molecule has 0 spiro atoms. The third kappa shape index (κ3) is 5.89. The van der Waals surface area contributed by atoms with Gasteiger partial charge >= 0.3 is 0 Å². The van der Waals surface area contributed by atoms with Gasteiger partial charge in [0.1, 0.15) is 5.75 Å². The predicted molar refractivity (Wildman–Crippen MR) is 129 cm³/mol. The lowest BCUT2D eigenvalue weighted by Crippen LogP contribution is -2.50. The molecule has 0 radical (unpaired) electrons. The number of aromatic nitrogens is 2. The minimum atomic E-state index is -0.242. The van der Waals surface area contributed by atoms with Crippen LogP contribution in [0.5, 0.6) is 5.75 Å². The molecule has 4 rings (SSSR count). The SMILES string of the molecule is Cc1cc(OC[C@]2(CC(=O)N3CCOCC3)CCCN(Cc3c(C)cnn3C)C2)ccc1Cl. The van der Waals surface area contributed by atoms with E-state index < -0.39 is 0 Å². The first kappa shape index (κ1) is 24.0. The van der Waals surface area contributed by atoms with E-state index in [4.69, 9.17) is 21.1 Å². The van der Waals surface area contributed by atoms with Crippen molar-refractivity contribution in [1.82, 2.24) is 19.6 Å². The fraction of sp³-hybridized carbons (Fsp3) is 0.600. The minimum Gasteiger partial charge on any atom is -0.493 e. The van der Waals surface area contributed by atoms with E-state index in [2.05, 4.69) is 16.9 Å². The summed E-state index contributed by atoms with van der Waals surface area (Å²) in [5.74, 6) is 1.00. The highest BCUT2D eigenvalue weighted by molar-refractivity contribution is 6.31. The van der Waals surface area contributed by atoms with Gasteiger partial charge < -0.3 is 14.4 Å². The molecular weight excluding hydrogens is 440 g/mol. The number of aryl methyl sites for hydroxylation is 3. The maximum Gasteiger partial charge on any atom is 0.223 e. The van der Waals surface area contributed by atoms with E-state index >= 15 is 0 Å². The lowest BCUT2D eigenvalue weighted by molar-refractivity contribution is -0.139. The van der Waals surface area contributed by atoms with Crippen molar-refractivity contribution in [3.63, 3.8) is 0 Å². The quantitative estimate of drug-likeness (QED) is 0.613. The first-order valence-electron chi connectivity index (χ1n) is 11.8. The average molecular weight is 475 g/mol. The summed E-state index contributed by atoms with van der Waals surface area (Å²) in [6.45, 7) is 9.82. The average Bonchev–Trinajstić information content (AvgIpc) is 3.13. The number of rotatable bonds is 7. The molecule has 1 atom stereocenters. The molecule has 0 bridgehead atoms. The van der Waals surface area contributed by atoms with Crippen LogP contribution in [-0.4, -0.2) is 71.5 Å². The molecule has 7 nitrogen and oxygen atoms in total. The second-order valence-electron chi connectivity index (χ2n) is 9.58. The summed E-state index contributed by atoms with van der Waals surface area (Å²) in [6.07, 6.45) is 4.41. The van der Waals surface area contributed by atoms with E-state index in [1.807, 2.05) is 47.9 Å². The fourth-order valence-corrected chi connectivity index (χ4v) is 5.08. The van der Waals surface area contributed by atoms with Crippen LogP contribution in [0, 0.1) is 19.3 Å². The van der Waals surface area contributed by atoms with E-state index in [9.17, 15) is 4.79 Å². The second-order valence-corrected chi connectivity index (χ2v) is 9.99. The number of halogens is 1. The van der Waals surface area contributed by atoms with E-state index in [0.717, 1.165) is 48.8 Å². The van der Waals surface area contributed by atoms with Crippen molar-refractivity contribution >= 4 is 17.5 Å². The highest BCUT2D eigenvalue weighted by Gasteiger charge is 2.40. The van der Waals surface area contributed by atoms with Crippen LogP contribution < -0.4 is 4.74 Å². The first-order chi connectivity index (χ1) is 15.8. The van der Waals surface area contributed by atoms with Crippen LogP contribution in [0.1, 0.15) is 36.1 Å². The lowest BCUT2D eigenvalue weighted by atomic mass is 9.77. The van der Waals surface area contributed by atoms with Crippen molar-refractivity contribution in [3.05, 3.63) is 46.2 Å². The molecule has 8 heteroatoms. The van der Waals surface area contributed by atoms with Gasteiger partial charge in [-0.05, 0) is 62.6 Å². The van der Waals surface area contributed by atoms with Crippen molar-refractivity contribution in [2.24, 2.45) is 12.5 Å². The van der Waals surface area contributed by atoms with Crippen molar-refractivity contribution in [2.75, 3.05) is 46.0 Å². The number of amides is 1. The second kappa shape index (κ2) is 10.5. The molecule has 2 aliphatic rings. The van der Waals surface area contributed by atoms with Gasteiger partial charge in [-0.3, -0.25) is 14.4 Å². The monoisotopic (exact) mass is 474 g/mol. The summed E-state index contributed by atoms with van der Waals surface area (Å²) in [5.41, 5.74) is 3.17. The van der Waals surface area contributed by atoms with Crippen molar-refractivity contribution in [3.8, 4) is 5.75 Å². The zero-order valence-electron chi connectivity index (χ0n) is 20.0. The van der Waals surface area contributed by atoms with Crippen molar-refractivity contribution < 1.29 is 14.3 Å². The van der Waals surface area contributed by atoms with Crippen molar-refractivity contribution in [2.45, 2.75) is 39.7 Å². The Balaban J connectivity index is 1.51. The van der Waals surface area contributed by atoms with Crippen LogP contribution in [0.4, 0.5) is 0 Å². The molecule has 0 aliphatic carbocycles. The van der Waals surface area contributed by atoms with Crippen molar-refractivity contribution in [1.29, 1.82) is 0 Å². The fourth-order valence-electron chi connectivity index (χ4n) is 4.96. The highest BCUT2D eigenvalue weighted by atomic mass is 35.5. The van der Waals surface area contributed by atoms with Gasteiger partial charge in [-0.1, -0.05) is 11.6 Å². The van der Waals surface area contributed by atoms with Gasteiger partial charge in [-0.15, -0.1) is 0 Å². The number of likely N-dealkylation sites (tertiary alicyclic amines) is 1. The number of carbonyl (C=O) groups excluding carboxylic acids is 1. The normalized spacial score (nSPS) is 21.9. The third-order valence-electron chi connectivity index (χ3n) is 6.95. The van der Waals surface area contributed by atoms with Crippen LogP contribution >= 0.6 is 11.6 Å². The molecule has 1 aromatic carbocycles. The topological polar surface area (TPSA) is 59.8 Å². The number of carbonyl (C=O) groups is 1. The Kier molecular flexibility index (Phi) is 7.62. The van der Waals surface area contributed by atoms with Gasteiger partial charge in [0.05, 0.1) is 31.7 Å². The summed E-state index contributed by atoms with van der Waals surface area (Å²) < 4.78 is 13.7. The van der Waals surface area contributed by atoms with Crippen LogP contribution in [0.2, 0.25) is 5.02 Å². The number of ether oxygens (including phenoxy) is 2. The number of hydrogen-bond acceptors (Lipinski definition) is 5. The Labute approximate surface area is 201 Å². The first-order valence-corrected chi connectivity index (χ1v) is 12.2. The molecule has 2 aliphatic heterocycles. The molecule has 180 valence electrons. The summed E-state index contributed by atoms with van der Waals surface area (Å²) in [6, 6.07) is 5.75. The molecular formula is C25H35ClN4O3. The molecule has 1 amide bonds.